The van der Waals surface area contributed by atoms with E-state index in [1.165, 1.54) is 17.0 Å². The van der Waals surface area contributed by atoms with E-state index in [0.29, 0.717) is 26.3 Å². The van der Waals surface area contributed by atoms with E-state index in [1.54, 1.807) is 31.2 Å². The number of carboxylic acid groups (broad SMARTS) is 1. The van der Waals surface area contributed by atoms with Crippen LogP contribution in [0.5, 0.6) is 11.8 Å². The first-order chi connectivity index (χ1) is 12.4. The highest BCUT2D eigenvalue weighted by Gasteiger charge is 2.23. The summed E-state index contributed by atoms with van der Waals surface area (Å²) in [5, 5.41) is 10.8. The van der Waals surface area contributed by atoms with Crippen molar-refractivity contribution in [2.75, 3.05) is 0 Å². The zero-order valence-corrected chi connectivity index (χ0v) is 15.7. The number of benzene rings is 1. The summed E-state index contributed by atoms with van der Waals surface area (Å²) in [6.45, 7) is 1.69. The van der Waals surface area contributed by atoms with E-state index < -0.39 is 5.97 Å². The number of aromatic carboxylic acids is 1. The summed E-state index contributed by atoms with van der Waals surface area (Å²) < 4.78 is 7.11. The van der Waals surface area contributed by atoms with Crippen molar-refractivity contribution in [2.24, 2.45) is 0 Å². The van der Waals surface area contributed by atoms with Crippen LogP contribution in [0.4, 0.5) is 0 Å². The lowest BCUT2D eigenvalue weighted by molar-refractivity contribution is 0.0683. The third-order valence-corrected chi connectivity index (χ3v) is 4.50. The predicted molar refractivity (Wildman–Crippen MR) is 98.8 cm³/mol. The third kappa shape index (κ3) is 3.77. The minimum Gasteiger partial charge on any atom is -0.477 e. The minimum atomic E-state index is -1.14. The number of hydrogen-bond acceptors (Lipinski definition) is 4. The molecule has 134 valence electrons. The number of carbonyl (C=O) groups is 1. The summed E-state index contributed by atoms with van der Waals surface area (Å²) in [5.41, 5.74) is 0.905. The van der Waals surface area contributed by atoms with Gasteiger partial charge in [0.1, 0.15) is 0 Å². The number of aromatic nitrogens is 3. The summed E-state index contributed by atoms with van der Waals surface area (Å²) >= 11 is 18.3. The van der Waals surface area contributed by atoms with Gasteiger partial charge in [0, 0.05) is 16.2 Å². The molecule has 1 N–H and O–H groups in total. The highest BCUT2D eigenvalue weighted by atomic mass is 35.5. The molecule has 0 atom stereocenters. The molecule has 0 aliphatic rings. The third-order valence-electron chi connectivity index (χ3n) is 3.58. The van der Waals surface area contributed by atoms with Crippen LogP contribution in [0.25, 0.3) is 0 Å². The van der Waals surface area contributed by atoms with Crippen molar-refractivity contribution in [3.05, 3.63) is 68.7 Å². The summed E-state index contributed by atoms with van der Waals surface area (Å²) in [6, 6.07) is 6.57. The van der Waals surface area contributed by atoms with Crippen molar-refractivity contribution in [2.45, 2.75) is 13.5 Å². The Labute approximate surface area is 163 Å². The van der Waals surface area contributed by atoms with Crippen LogP contribution < -0.4 is 4.74 Å². The zero-order valence-electron chi connectivity index (χ0n) is 13.4. The van der Waals surface area contributed by atoms with E-state index >= 15 is 0 Å². The second kappa shape index (κ2) is 7.53. The van der Waals surface area contributed by atoms with Gasteiger partial charge in [-0.15, -0.1) is 0 Å². The zero-order chi connectivity index (χ0) is 18.8. The molecule has 0 amide bonds. The largest absolute Gasteiger partial charge is 0.477 e. The van der Waals surface area contributed by atoms with Gasteiger partial charge in [-0.25, -0.2) is 4.79 Å². The SMILES string of the molecule is Cc1nc(Oc2cnccc2Cl)n(Cc2cc(Cl)ccc2Cl)c1C(=O)O. The predicted octanol–water partition coefficient (Wildman–Crippen LogP) is 5.09. The van der Waals surface area contributed by atoms with Crippen molar-refractivity contribution >= 4 is 40.8 Å². The standard InChI is InChI=1S/C17H12Cl3N3O3/c1-9-15(16(24)25)23(8-10-6-11(18)2-3-12(10)19)17(22-9)26-14-7-21-5-4-13(14)20/h2-7H,8H2,1H3,(H,24,25). The molecule has 3 rings (SSSR count). The average Bonchev–Trinajstić information content (AvgIpc) is 2.88. The molecular weight excluding hydrogens is 401 g/mol. The molecule has 0 aliphatic heterocycles. The Balaban J connectivity index is 2.08. The molecule has 2 heterocycles. The van der Waals surface area contributed by atoms with Gasteiger partial charge in [-0.2, -0.15) is 4.98 Å². The number of imidazole rings is 1. The molecule has 1 aromatic carbocycles. The summed E-state index contributed by atoms with van der Waals surface area (Å²) in [4.78, 5) is 19.9. The van der Waals surface area contributed by atoms with Crippen molar-refractivity contribution in [1.82, 2.24) is 14.5 Å². The molecule has 0 spiro atoms. The Hall–Kier alpha value is -2.28. The van der Waals surface area contributed by atoms with Crippen LogP contribution in [0.1, 0.15) is 21.7 Å². The van der Waals surface area contributed by atoms with Crippen LogP contribution in [-0.2, 0) is 6.54 Å². The first-order valence-corrected chi connectivity index (χ1v) is 8.52. The second-order valence-electron chi connectivity index (χ2n) is 5.36. The molecule has 0 unspecified atom stereocenters. The number of ether oxygens (including phenoxy) is 1. The van der Waals surface area contributed by atoms with E-state index in [1.807, 2.05) is 0 Å². The topological polar surface area (TPSA) is 77.2 Å². The van der Waals surface area contributed by atoms with Crippen molar-refractivity contribution in [1.29, 1.82) is 0 Å². The van der Waals surface area contributed by atoms with Gasteiger partial charge in [0.05, 0.1) is 23.5 Å². The monoisotopic (exact) mass is 411 g/mol. The normalized spacial score (nSPS) is 10.8. The van der Waals surface area contributed by atoms with Gasteiger partial charge in [-0.05, 0) is 36.8 Å². The number of aryl methyl sites for hydroxylation is 1. The maximum Gasteiger partial charge on any atom is 0.354 e. The lowest BCUT2D eigenvalue weighted by atomic mass is 10.2. The number of pyridine rings is 1. The number of hydrogen-bond donors (Lipinski definition) is 1. The van der Waals surface area contributed by atoms with Crippen LogP contribution in [0.3, 0.4) is 0 Å². The van der Waals surface area contributed by atoms with Crippen LogP contribution in [-0.4, -0.2) is 25.6 Å². The molecule has 0 aliphatic carbocycles. The molecule has 6 nitrogen and oxygen atoms in total. The lowest BCUT2D eigenvalue weighted by Gasteiger charge is -2.12. The molecule has 3 aromatic rings. The van der Waals surface area contributed by atoms with Crippen LogP contribution in [0, 0.1) is 6.92 Å². The Morgan fingerprint density at radius 1 is 1.23 bits per heavy atom. The number of nitrogens with zero attached hydrogens (tertiary/aromatic N) is 3. The fourth-order valence-electron chi connectivity index (χ4n) is 2.41. The molecule has 0 fully saturated rings. The number of rotatable bonds is 5. The molecule has 0 saturated heterocycles. The van der Waals surface area contributed by atoms with Crippen LogP contribution >= 0.6 is 34.8 Å². The second-order valence-corrected chi connectivity index (χ2v) is 6.61. The van der Waals surface area contributed by atoms with Crippen molar-refractivity contribution in [3.63, 3.8) is 0 Å². The molecule has 9 heteroatoms. The number of halogens is 3. The Morgan fingerprint density at radius 3 is 2.69 bits per heavy atom. The fraction of sp³-hybridized carbons (Fsp3) is 0.118. The summed E-state index contributed by atoms with van der Waals surface area (Å²) in [7, 11) is 0. The first-order valence-electron chi connectivity index (χ1n) is 7.38. The van der Waals surface area contributed by atoms with E-state index in [-0.39, 0.29) is 24.0 Å². The van der Waals surface area contributed by atoms with Crippen molar-refractivity contribution in [3.8, 4) is 11.8 Å². The maximum absolute atomic E-state index is 11.7. The van der Waals surface area contributed by atoms with Gasteiger partial charge in [0.25, 0.3) is 0 Å². The van der Waals surface area contributed by atoms with Crippen molar-refractivity contribution < 1.29 is 14.6 Å². The molecule has 0 saturated carbocycles. The molecule has 26 heavy (non-hydrogen) atoms. The Bertz CT molecular complexity index is 989. The average molecular weight is 413 g/mol. The Kier molecular flexibility index (Phi) is 5.36. The Morgan fingerprint density at radius 2 is 2.00 bits per heavy atom. The van der Waals surface area contributed by atoms with E-state index in [0.717, 1.165) is 0 Å². The van der Waals surface area contributed by atoms with Crippen LogP contribution in [0.2, 0.25) is 15.1 Å². The van der Waals surface area contributed by atoms with E-state index in [4.69, 9.17) is 39.5 Å². The van der Waals surface area contributed by atoms with E-state index in [2.05, 4.69) is 9.97 Å². The van der Waals surface area contributed by atoms with Gasteiger partial charge in [-0.1, -0.05) is 34.8 Å². The van der Waals surface area contributed by atoms with Gasteiger partial charge < -0.3 is 9.84 Å². The molecular formula is C17H12Cl3N3O3. The quantitative estimate of drug-likeness (QED) is 0.632. The smallest absolute Gasteiger partial charge is 0.354 e. The highest BCUT2D eigenvalue weighted by molar-refractivity contribution is 6.33. The molecule has 0 bridgehead atoms. The van der Waals surface area contributed by atoms with Gasteiger partial charge >= 0.3 is 12.0 Å². The minimum absolute atomic E-state index is 0.0175. The van der Waals surface area contributed by atoms with Gasteiger partial charge in [-0.3, -0.25) is 9.55 Å². The number of carboxylic acids is 1. The maximum atomic E-state index is 11.7. The van der Waals surface area contributed by atoms with Gasteiger partial charge in [0.2, 0.25) is 0 Å². The van der Waals surface area contributed by atoms with Crippen LogP contribution in [0.15, 0.2) is 36.7 Å². The van der Waals surface area contributed by atoms with E-state index in [9.17, 15) is 9.90 Å². The highest BCUT2D eigenvalue weighted by Crippen LogP contribution is 2.31. The van der Waals surface area contributed by atoms with Gasteiger partial charge in [0.15, 0.2) is 11.4 Å². The lowest BCUT2D eigenvalue weighted by Crippen LogP contribution is -2.12. The summed E-state index contributed by atoms with van der Waals surface area (Å²) in [5.74, 6) is -0.880. The summed E-state index contributed by atoms with van der Waals surface area (Å²) in [6.07, 6.45) is 2.94. The fourth-order valence-corrected chi connectivity index (χ4v) is 2.93. The molecule has 0 radical (unpaired) electrons. The molecule has 2 aromatic heterocycles. The first kappa shape index (κ1) is 18.5.